The van der Waals surface area contributed by atoms with Gasteiger partial charge in [-0.15, -0.1) is 0 Å². The Labute approximate surface area is 63.8 Å². The third-order valence-electron chi connectivity index (χ3n) is 1.97. The van der Waals surface area contributed by atoms with Crippen molar-refractivity contribution < 1.29 is 9.59 Å². The van der Waals surface area contributed by atoms with Crippen LogP contribution in [0, 0.1) is 0 Å². The van der Waals surface area contributed by atoms with E-state index in [2.05, 4.69) is 5.32 Å². The number of nitrogens with one attached hydrogen (secondary N) is 1. The fourth-order valence-corrected chi connectivity index (χ4v) is 1.37. The summed E-state index contributed by atoms with van der Waals surface area (Å²) in [4.78, 5) is 22.0. The Balaban J connectivity index is 2.38. The molecule has 1 aliphatic carbocycles. The Kier molecular flexibility index (Phi) is 1.04. The van der Waals surface area contributed by atoms with Crippen LogP contribution >= 0.6 is 0 Å². The second-order valence-corrected chi connectivity index (χ2v) is 2.72. The number of allylic oxidation sites excluding steroid dienone is 1. The summed E-state index contributed by atoms with van der Waals surface area (Å²) < 4.78 is 0. The molecule has 56 valence electrons. The largest absolute Gasteiger partial charge is 0.333 e. The molecule has 0 fully saturated rings. The maximum atomic E-state index is 11.2. The number of carbonyl (C=O) groups excluding carboxylic acids is 2. The smallest absolute Gasteiger partial charge is 0.245 e. The summed E-state index contributed by atoms with van der Waals surface area (Å²) in [6.45, 7) is 0. The summed E-state index contributed by atoms with van der Waals surface area (Å²) in [6.07, 6.45) is 6.94. The molecule has 0 aromatic carbocycles. The van der Waals surface area contributed by atoms with Gasteiger partial charge in [0.25, 0.3) is 0 Å². The van der Waals surface area contributed by atoms with Crippen LogP contribution in [0.4, 0.5) is 0 Å². The third-order valence-corrected chi connectivity index (χ3v) is 1.97. The van der Waals surface area contributed by atoms with Crippen molar-refractivity contribution >= 4 is 11.7 Å². The third kappa shape index (κ3) is 0.738. The summed E-state index contributed by atoms with van der Waals surface area (Å²) in [7, 11) is 0. The summed E-state index contributed by atoms with van der Waals surface area (Å²) in [5.74, 6) is -0.149. The Bertz CT molecular complexity index is 290. The molecule has 1 N–H and O–H groups in total. The number of hydrogen-bond donors (Lipinski definition) is 1. The molecular weight excluding hydrogens is 142 g/mol. The van der Waals surface area contributed by atoms with Crippen molar-refractivity contribution in [1.29, 1.82) is 0 Å². The minimum absolute atomic E-state index is 0.0413. The molecule has 1 aliphatic heterocycles. The molecule has 1 unspecified atom stereocenters. The summed E-state index contributed by atoms with van der Waals surface area (Å²) in [5, 5.41) is 2.59. The molecule has 0 radical (unpaired) electrons. The van der Waals surface area contributed by atoms with Gasteiger partial charge in [0, 0.05) is 12.5 Å². The van der Waals surface area contributed by atoms with Crippen molar-refractivity contribution in [2.45, 2.75) is 12.0 Å². The van der Waals surface area contributed by atoms with Gasteiger partial charge in [0.15, 0.2) is 5.78 Å². The van der Waals surface area contributed by atoms with Gasteiger partial charge in [-0.3, -0.25) is 9.59 Å². The number of Topliss-reactive ketones (excluding diaryl/α,β-unsaturated/α-hetero) is 1. The standard InChI is InChI=1S/C8H7NO2/c10-6-2-1-4-8(6)5-3-7(11)9-8/h1,3-5H,2H2,(H,9,11). The van der Waals surface area contributed by atoms with Gasteiger partial charge in [-0.1, -0.05) is 12.2 Å². The quantitative estimate of drug-likeness (QED) is 0.490. The van der Waals surface area contributed by atoms with Crippen molar-refractivity contribution in [1.82, 2.24) is 5.32 Å². The van der Waals surface area contributed by atoms with Crippen LogP contribution in [0.25, 0.3) is 0 Å². The van der Waals surface area contributed by atoms with Crippen LogP contribution in [0.2, 0.25) is 0 Å². The highest BCUT2D eigenvalue weighted by Gasteiger charge is 2.39. The lowest BCUT2D eigenvalue weighted by Gasteiger charge is -2.16. The van der Waals surface area contributed by atoms with Gasteiger partial charge in [0.1, 0.15) is 5.54 Å². The first-order chi connectivity index (χ1) is 5.23. The Morgan fingerprint density at radius 2 is 2.18 bits per heavy atom. The SMILES string of the molecule is O=C1C=CC2(C=CCC2=O)N1. The maximum absolute atomic E-state index is 11.2. The van der Waals surface area contributed by atoms with Gasteiger partial charge >= 0.3 is 0 Å². The summed E-state index contributed by atoms with van der Waals surface area (Å²) >= 11 is 0. The van der Waals surface area contributed by atoms with Crippen molar-refractivity contribution in [3.63, 3.8) is 0 Å². The van der Waals surface area contributed by atoms with Crippen LogP contribution in [-0.4, -0.2) is 17.2 Å². The predicted molar refractivity (Wildman–Crippen MR) is 38.8 cm³/mol. The molecule has 0 saturated heterocycles. The number of ketones is 1. The van der Waals surface area contributed by atoms with Crippen molar-refractivity contribution in [2.75, 3.05) is 0 Å². The van der Waals surface area contributed by atoms with E-state index >= 15 is 0 Å². The van der Waals surface area contributed by atoms with E-state index in [9.17, 15) is 9.59 Å². The number of carbonyl (C=O) groups is 2. The molecule has 1 heterocycles. The average Bonchev–Trinajstić information content (AvgIpc) is 2.46. The first kappa shape index (κ1) is 6.34. The normalized spacial score (nSPS) is 33.8. The highest BCUT2D eigenvalue weighted by atomic mass is 16.2. The minimum Gasteiger partial charge on any atom is -0.333 e. The van der Waals surface area contributed by atoms with E-state index in [4.69, 9.17) is 0 Å². The van der Waals surface area contributed by atoms with Crippen LogP contribution in [0.5, 0.6) is 0 Å². The molecular formula is C8H7NO2. The van der Waals surface area contributed by atoms with Crippen LogP contribution in [0.1, 0.15) is 6.42 Å². The van der Waals surface area contributed by atoms with Crippen LogP contribution in [0.15, 0.2) is 24.3 Å². The van der Waals surface area contributed by atoms with E-state index in [0.29, 0.717) is 6.42 Å². The van der Waals surface area contributed by atoms with Crippen LogP contribution in [0.3, 0.4) is 0 Å². The molecule has 1 spiro atoms. The Morgan fingerprint density at radius 1 is 1.36 bits per heavy atom. The molecule has 11 heavy (non-hydrogen) atoms. The van der Waals surface area contributed by atoms with Gasteiger partial charge in [-0.05, 0) is 6.08 Å². The number of hydrogen-bond acceptors (Lipinski definition) is 2. The topological polar surface area (TPSA) is 46.2 Å². The highest BCUT2D eigenvalue weighted by Crippen LogP contribution is 2.23. The van der Waals surface area contributed by atoms with E-state index in [1.165, 1.54) is 6.08 Å². The zero-order chi connectivity index (χ0) is 7.90. The van der Waals surface area contributed by atoms with Gasteiger partial charge < -0.3 is 5.32 Å². The predicted octanol–water partition coefficient (Wildman–Crippen LogP) is -0.0598. The number of rotatable bonds is 0. The lowest BCUT2D eigenvalue weighted by atomic mass is 10.00. The molecule has 2 rings (SSSR count). The van der Waals surface area contributed by atoms with E-state index in [-0.39, 0.29) is 11.7 Å². The fourth-order valence-electron chi connectivity index (χ4n) is 1.37. The maximum Gasteiger partial charge on any atom is 0.245 e. The molecule has 0 saturated carbocycles. The monoisotopic (exact) mass is 149 g/mol. The lowest BCUT2D eigenvalue weighted by Crippen LogP contribution is -2.44. The van der Waals surface area contributed by atoms with Crippen molar-refractivity contribution in [3.8, 4) is 0 Å². The molecule has 1 amide bonds. The average molecular weight is 149 g/mol. The first-order valence-electron chi connectivity index (χ1n) is 3.45. The molecule has 3 heteroatoms. The van der Waals surface area contributed by atoms with Gasteiger partial charge in [0.05, 0.1) is 0 Å². The van der Waals surface area contributed by atoms with E-state index < -0.39 is 5.54 Å². The van der Waals surface area contributed by atoms with Crippen LogP contribution < -0.4 is 5.32 Å². The molecule has 3 nitrogen and oxygen atoms in total. The second-order valence-electron chi connectivity index (χ2n) is 2.72. The van der Waals surface area contributed by atoms with Gasteiger partial charge in [-0.2, -0.15) is 0 Å². The van der Waals surface area contributed by atoms with Crippen molar-refractivity contribution in [2.24, 2.45) is 0 Å². The van der Waals surface area contributed by atoms with E-state index in [1.807, 2.05) is 0 Å². The number of amides is 1. The second kappa shape index (κ2) is 1.81. The van der Waals surface area contributed by atoms with Crippen molar-refractivity contribution in [3.05, 3.63) is 24.3 Å². The molecule has 2 aliphatic rings. The first-order valence-corrected chi connectivity index (χ1v) is 3.45. The van der Waals surface area contributed by atoms with E-state index in [0.717, 1.165) is 0 Å². The van der Waals surface area contributed by atoms with Gasteiger partial charge in [0.2, 0.25) is 5.91 Å². The summed E-state index contributed by atoms with van der Waals surface area (Å²) in [5.41, 5.74) is -0.781. The fraction of sp³-hybridized carbons (Fsp3) is 0.250. The zero-order valence-electron chi connectivity index (χ0n) is 5.83. The zero-order valence-corrected chi connectivity index (χ0v) is 5.83. The highest BCUT2D eigenvalue weighted by molar-refractivity contribution is 6.05. The minimum atomic E-state index is -0.781. The summed E-state index contributed by atoms with van der Waals surface area (Å²) in [6, 6.07) is 0. The molecule has 1 atom stereocenters. The Hall–Kier alpha value is -1.38. The van der Waals surface area contributed by atoms with Crippen LogP contribution in [-0.2, 0) is 9.59 Å². The van der Waals surface area contributed by atoms with E-state index in [1.54, 1.807) is 18.2 Å². The molecule has 0 aromatic heterocycles. The Morgan fingerprint density at radius 3 is 2.64 bits per heavy atom. The van der Waals surface area contributed by atoms with Gasteiger partial charge in [-0.25, -0.2) is 0 Å². The lowest BCUT2D eigenvalue weighted by molar-refractivity contribution is -0.124. The molecule has 0 bridgehead atoms. The molecule has 0 aromatic rings.